The first-order valence-electron chi connectivity index (χ1n) is 5.17. The Kier molecular flexibility index (Phi) is 4.13. The molecule has 0 saturated heterocycles. The summed E-state index contributed by atoms with van der Waals surface area (Å²) in [4.78, 5) is 0. The summed E-state index contributed by atoms with van der Waals surface area (Å²) < 4.78 is 22.5. The molecule has 0 spiro atoms. The Morgan fingerprint density at radius 2 is 2.29 bits per heavy atom. The summed E-state index contributed by atoms with van der Waals surface area (Å²) in [5, 5.41) is 0. The van der Waals surface area contributed by atoms with Crippen LogP contribution >= 0.6 is 0 Å². The Morgan fingerprint density at radius 1 is 1.57 bits per heavy atom. The monoisotopic (exact) mass is 217 g/mol. The second-order valence-corrected chi connectivity index (χ2v) is 6.32. The molecule has 0 aromatic rings. The molecule has 0 radical (unpaired) electrons. The van der Waals surface area contributed by atoms with Crippen LogP contribution in [-0.4, -0.2) is 26.0 Å². The van der Waals surface area contributed by atoms with E-state index in [-0.39, 0.29) is 17.5 Å². The minimum atomic E-state index is -2.85. The first-order chi connectivity index (χ1) is 6.53. The number of nitrogens with two attached hydrogens (primary N) is 1. The minimum Gasteiger partial charge on any atom is -0.327 e. The summed E-state index contributed by atoms with van der Waals surface area (Å²) in [6.07, 6.45) is 5.92. The van der Waals surface area contributed by atoms with Crippen molar-refractivity contribution in [2.75, 3.05) is 11.5 Å². The molecule has 0 aliphatic heterocycles. The first kappa shape index (κ1) is 11.7. The summed E-state index contributed by atoms with van der Waals surface area (Å²) in [6.45, 7) is 1.68. The summed E-state index contributed by atoms with van der Waals surface area (Å²) in [5.41, 5.74) is 7.03. The average molecular weight is 217 g/mol. The Balaban J connectivity index is 2.52. The molecule has 1 fully saturated rings. The van der Waals surface area contributed by atoms with Gasteiger partial charge in [-0.3, -0.25) is 0 Å². The van der Waals surface area contributed by atoms with Crippen LogP contribution in [0.2, 0.25) is 0 Å². The van der Waals surface area contributed by atoms with Crippen LogP contribution < -0.4 is 5.73 Å². The number of hydrogen-bond acceptors (Lipinski definition) is 3. The van der Waals surface area contributed by atoms with E-state index in [4.69, 9.17) is 5.73 Å². The van der Waals surface area contributed by atoms with Crippen LogP contribution in [0.5, 0.6) is 0 Å². The third-order valence-electron chi connectivity index (χ3n) is 2.66. The van der Waals surface area contributed by atoms with Crippen LogP contribution in [-0.2, 0) is 9.84 Å². The van der Waals surface area contributed by atoms with Gasteiger partial charge in [0.1, 0.15) is 0 Å². The fourth-order valence-electron chi connectivity index (χ4n) is 1.68. The van der Waals surface area contributed by atoms with Gasteiger partial charge in [-0.1, -0.05) is 18.6 Å². The standard InChI is InChI=1S/C10H19NO2S/c1-2-14(12,13)7-6-9-4-3-5-10(11)8-9/h6,10H,2-5,7-8,11H2,1H3/b9-6-. The van der Waals surface area contributed by atoms with Crippen molar-refractivity contribution in [1.29, 1.82) is 0 Å². The van der Waals surface area contributed by atoms with Gasteiger partial charge in [-0.15, -0.1) is 0 Å². The maximum atomic E-state index is 11.2. The minimum absolute atomic E-state index is 0.186. The van der Waals surface area contributed by atoms with Gasteiger partial charge in [0.2, 0.25) is 0 Å². The van der Waals surface area contributed by atoms with Crippen LogP contribution in [0.4, 0.5) is 0 Å². The van der Waals surface area contributed by atoms with Crippen molar-refractivity contribution in [2.45, 2.75) is 38.6 Å². The summed E-state index contributed by atoms with van der Waals surface area (Å²) in [6, 6.07) is 0.235. The second-order valence-electron chi connectivity index (χ2n) is 3.92. The van der Waals surface area contributed by atoms with E-state index in [1.54, 1.807) is 6.92 Å². The zero-order chi connectivity index (χ0) is 10.6. The van der Waals surface area contributed by atoms with E-state index in [0.717, 1.165) is 25.7 Å². The third kappa shape index (κ3) is 3.80. The highest BCUT2D eigenvalue weighted by atomic mass is 32.2. The van der Waals surface area contributed by atoms with Crippen molar-refractivity contribution < 1.29 is 8.42 Å². The van der Waals surface area contributed by atoms with E-state index in [1.807, 2.05) is 6.08 Å². The topological polar surface area (TPSA) is 60.2 Å². The van der Waals surface area contributed by atoms with Gasteiger partial charge in [0.05, 0.1) is 5.75 Å². The molecular weight excluding hydrogens is 198 g/mol. The molecule has 1 unspecified atom stereocenters. The highest BCUT2D eigenvalue weighted by Gasteiger charge is 2.13. The molecule has 0 aromatic carbocycles. The lowest BCUT2D eigenvalue weighted by Crippen LogP contribution is -2.24. The molecular formula is C10H19NO2S. The van der Waals surface area contributed by atoms with E-state index < -0.39 is 9.84 Å². The number of hydrogen-bond donors (Lipinski definition) is 1. The molecule has 82 valence electrons. The smallest absolute Gasteiger partial charge is 0.153 e. The molecule has 0 amide bonds. The van der Waals surface area contributed by atoms with Gasteiger partial charge < -0.3 is 5.73 Å². The van der Waals surface area contributed by atoms with Crippen LogP contribution in [0.1, 0.15) is 32.6 Å². The second kappa shape index (κ2) is 4.94. The molecule has 3 nitrogen and oxygen atoms in total. The normalized spacial score (nSPS) is 26.7. The maximum Gasteiger partial charge on any atom is 0.153 e. The molecule has 14 heavy (non-hydrogen) atoms. The van der Waals surface area contributed by atoms with Crippen molar-refractivity contribution in [3.05, 3.63) is 11.6 Å². The lowest BCUT2D eigenvalue weighted by molar-refractivity contribution is 0.517. The number of rotatable bonds is 3. The van der Waals surface area contributed by atoms with E-state index >= 15 is 0 Å². The molecule has 1 rings (SSSR count). The van der Waals surface area contributed by atoms with Gasteiger partial charge in [-0.25, -0.2) is 8.42 Å². The SMILES string of the molecule is CCS(=O)(=O)C/C=C1/CCCC(N)C1. The van der Waals surface area contributed by atoms with E-state index in [2.05, 4.69) is 0 Å². The quantitative estimate of drug-likeness (QED) is 0.724. The fourth-order valence-corrected chi connectivity index (χ4v) is 2.41. The molecule has 1 aliphatic rings. The molecule has 1 saturated carbocycles. The van der Waals surface area contributed by atoms with E-state index in [0.29, 0.717) is 0 Å². The van der Waals surface area contributed by atoms with Gasteiger partial charge in [-0.2, -0.15) is 0 Å². The third-order valence-corrected chi connectivity index (χ3v) is 4.22. The highest BCUT2D eigenvalue weighted by Crippen LogP contribution is 2.22. The van der Waals surface area contributed by atoms with Crippen LogP contribution in [0, 0.1) is 0 Å². The van der Waals surface area contributed by atoms with Gasteiger partial charge >= 0.3 is 0 Å². The average Bonchev–Trinajstić information content (AvgIpc) is 2.15. The maximum absolute atomic E-state index is 11.2. The lowest BCUT2D eigenvalue weighted by Gasteiger charge is -2.20. The van der Waals surface area contributed by atoms with Crippen molar-refractivity contribution in [1.82, 2.24) is 0 Å². The van der Waals surface area contributed by atoms with Crippen LogP contribution in [0.15, 0.2) is 11.6 Å². The van der Waals surface area contributed by atoms with Crippen molar-refractivity contribution in [3.63, 3.8) is 0 Å². The van der Waals surface area contributed by atoms with Crippen molar-refractivity contribution in [3.8, 4) is 0 Å². The Labute approximate surface area is 86.3 Å². The van der Waals surface area contributed by atoms with E-state index in [1.165, 1.54) is 5.57 Å². The Hall–Kier alpha value is -0.350. The molecule has 2 N–H and O–H groups in total. The van der Waals surface area contributed by atoms with Crippen LogP contribution in [0.3, 0.4) is 0 Å². The zero-order valence-corrected chi connectivity index (χ0v) is 9.52. The molecule has 1 aliphatic carbocycles. The Morgan fingerprint density at radius 3 is 2.86 bits per heavy atom. The first-order valence-corrected chi connectivity index (χ1v) is 6.99. The van der Waals surface area contributed by atoms with Gasteiger partial charge in [0, 0.05) is 11.8 Å². The Bertz CT molecular complexity index is 306. The van der Waals surface area contributed by atoms with Gasteiger partial charge in [0.25, 0.3) is 0 Å². The van der Waals surface area contributed by atoms with Gasteiger partial charge in [-0.05, 0) is 25.7 Å². The predicted octanol–water partition coefficient (Wildman–Crippen LogP) is 1.25. The largest absolute Gasteiger partial charge is 0.327 e. The molecule has 0 heterocycles. The summed E-state index contributed by atoms with van der Waals surface area (Å²) in [7, 11) is -2.85. The van der Waals surface area contributed by atoms with Gasteiger partial charge in [0.15, 0.2) is 9.84 Å². The summed E-state index contributed by atoms with van der Waals surface area (Å²) in [5.74, 6) is 0.411. The summed E-state index contributed by atoms with van der Waals surface area (Å²) >= 11 is 0. The molecule has 1 atom stereocenters. The zero-order valence-electron chi connectivity index (χ0n) is 8.70. The predicted molar refractivity (Wildman–Crippen MR) is 58.9 cm³/mol. The molecule has 4 heteroatoms. The fraction of sp³-hybridized carbons (Fsp3) is 0.800. The molecule has 0 bridgehead atoms. The highest BCUT2D eigenvalue weighted by molar-refractivity contribution is 7.91. The van der Waals surface area contributed by atoms with Crippen LogP contribution in [0.25, 0.3) is 0 Å². The molecule has 0 aromatic heterocycles. The van der Waals surface area contributed by atoms with Crippen molar-refractivity contribution in [2.24, 2.45) is 5.73 Å². The van der Waals surface area contributed by atoms with Crippen molar-refractivity contribution >= 4 is 9.84 Å². The lowest BCUT2D eigenvalue weighted by atomic mass is 9.91. The number of sulfone groups is 1. The van der Waals surface area contributed by atoms with E-state index in [9.17, 15) is 8.42 Å².